The Morgan fingerprint density at radius 2 is 1.46 bits per heavy atom. The van der Waals surface area contributed by atoms with E-state index in [1.807, 2.05) is 24.3 Å². The third-order valence-corrected chi connectivity index (χ3v) is 6.85. The van der Waals surface area contributed by atoms with E-state index in [0.29, 0.717) is 5.69 Å². The van der Waals surface area contributed by atoms with Crippen LogP contribution in [0.25, 0.3) is 0 Å². The van der Waals surface area contributed by atoms with Crippen molar-refractivity contribution in [3.63, 3.8) is 0 Å². The van der Waals surface area contributed by atoms with Crippen LogP contribution in [-0.4, -0.2) is 37.4 Å². The molecule has 0 atom stereocenters. The van der Waals surface area contributed by atoms with E-state index in [-0.39, 0.29) is 40.9 Å². The number of hydrogen-bond donors (Lipinski definition) is 1. The monoisotopic (exact) mass is 510 g/mol. The van der Waals surface area contributed by atoms with Crippen molar-refractivity contribution < 1.29 is 47.6 Å². The first-order chi connectivity index (χ1) is 16.3. The topological polar surface area (TPSA) is 93.0 Å². The summed E-state index contributed by atoms with van der Waals surface area (Å²) in [7, 11) is -4.59. The van der Waals surface area contributed by atoms with Gasteiger partial charge in [-0.05, 0) is 55.8 Å². The predicted octanol–water partition coefficient (Wildman–Crippen LogP) is 3.80. The van der Waals surface area contributed by atoms with Gasteiger partial charge in [-0.3, -0.25) is 4.99 Å². The number of aromatic hydroxyl groups is 1. The summed E-state index contributed by atoms with van der Waals surface area (Å²) in [6, 6.07) is 11.2. The van der Waals surface area contributed by atoms with E-state index >= 15 is 0 Å². The van der Waals surface area contributed by atoms with Crippen LogP contribution in [-0.2, 0) is 10.1 Å². The maximum atomic E-state index is 11.2. The molecule has 0 saturated heterocycles. The van der Waals surface area contributed by atoms with Crippen LogP contribution in [0.2, 0.25) is 0 Å². The number of phenols is 1. The van der Waals surface area contributed by atoms with Gasteiger partial charge >= 0.3 is 29.6 Å². The van der Waals surface area contributed by atoms with Gasteiger partial charge in [0.2, 0.25) is 0 Å². The van der Waals surface area contributed by atoms with Gasteiger partial charge in [-0.1, -0.05) is 64.7 Å². The Morgan fingerprint density at radius 1 is 0.886 bits per heavy atom. The van der Waals surface area contributed by atoms with Gasteiger partial charge < -0.3 is 14.6 Å². The molecule has 0 unspecified atom stereocenters. The Labute approximate surface area is 233 Å². The van der Waals surface area contributed by atoms with E-state index in [4.69, 9.17) is 0 Å². The van der Waals surface area contributed by atoms with Crippen molar-refractivity contribution in [3.05, 3.63) is 48.0 Å². The molecule has 8 heteroatoms. The summed E-state index contributed by atoms with van der Waals surface area (Å²) < 4.78 is 33.6. The average Bonchev–Trinajstić information content (AvgIpc) is 2.82. The average molecular weight is 511 g/mol. The first-order valence-corrected chi connectivity index (χ1v) is 13.9. The Kier molecular flexibility index (Phi) is 15.5. The van der Waals surface area contributed by atoms with E-state index < -0.39 is 15.0 Å². The zero-order valence-corrected chi connectivity index (χ0v) is 24.4. The minimum absolute atomic E-state index is 0. The number of hydrogen-bond acceptors (Lipinski definition) is 6. The van der Waals surface area contributed by atoms with Gasteiger partial charge in [0.05, 0.1) is 10.6 Å². The number of nitrogens with zero attached hydrogens (tertiary/aromatic N) is 2. The first-order valence-electron chi connectivity index (χ1n) is 12.5. The molecule has 0 heterocycles. The normalized spacial score (nSPS) is 11.5. The van der Waals surface area contributed by atoms with Crippen LogP contribution in [0.5, 0.6) is 5.75 Å². The summed E-state index contributed by atoms with van der Waals surface area (Å²) in [4.78, 5) is 6.27. The molecule has 2 aromatic rings. The third kappa shape index (κ3) is 11.9. The maximum absolute atomic E-state index is 11.2. The summed E-state index contributed by atoms with van der Waals surface area (Å²) in [5.74, 6) is -0.138. The summed E-state index contributed by atoms with van der Waals surface area (Å²) >= 11 is 0. The number of anilines is 1. The molecule has 0 aromatic heterocycles. The van der Waals surface area contributed by atoms with Gasteiger partial charge in [-0.25, -0.2) is 8.42 Å². The first kappa shape index (κ1) is 31.6. The van der Waals surface area contributed by atoms with Crippen LogP contribution in [0.1, 0.15) is 83.6 Å². The molecule has 0 aliphatic heterocycles. The zero-order valence-electron chi connectivity index (χ0n) is 21.6. The third-order valence-electron chi connectivity index (χ3n) is 6.02. The number of phenolic OH excluding ortho intramolecular Hbond substituents is 1. The number of benzene rings is 2. The van der Waals surface area contributed by atoms with Crippen molar-refractivity contribution >= 4 is 27.7 Å². The van der Waals surface area contributed by atoms with Crippen LogP contribution in [0.3, 0.4) is 0 Å². The molecule has 2 rings (SSSR count). The van der Waals surface area contributed by atoms with E-state index in [2.05, 4.69) is 23.7 Å². The molecule has 1 N–H and O–H groups in total. The van der Waals surface area contributed by atoms with E-state index in [9.17, 15) is 18.1 Å². The molecule has 188 valence electrons. The van der Waals surface area contributed by atoms with Gasteiger partial charge in [0.1, 0.15) is 15.9 Å². The van der Waals surface area contributed by atoms with Crippen LogP contribution in [0.4, 0.5) is 11.4 Å². The van der Waals surface area contributed by atoms with Crippen molar-refractivity contribution in [1.29, 1.82) is 0 Å². The van der Waals surface area contributed by atoms with Crippen LogP contribution >= 0.6 is 0 Å². The molecular formula is C27H39N2NaO4S. The summed E-state index contributed by atoms with van der Waals surface area (Å²) in [5.41, 5.74) is 1.99. The van der Waals surface area contributed by atoms with Crippen molar-refractivity contribution in [2.45, 2.75) is 83.0 Å². The van der Waals surface area contributed by atoms with Crippen molar-refractivity contribution in [2.75, 3.05) is 18.0 Å². The van der Waals surface area contributed by atoms with Crippen LogP contribution < -0.4 is 34.5 Å². The van der Waals surface area contributed by atoms with E-state index in [1.54, 1.807) is 0 Å². The standard InChI is InChI=1S/C27H40N2O4S.Na/c1-3-5-6-7-8-9-10-11-12-13-20-29(4-2)25-16-14-24(15-17-25)28-22-23-21-26(34(31,32)33)18-19-27(23)30;/h14-19,21-22,30H,3-13,20H2,1-2H3,(H,31,32,33);/q;+1/p-1. The van der Waals surface area contributed by atoms with Crippen molar-refractivity contribution in [1.82, 2.24) is 0 Å². The molecule has 0 radical (unpaired) electrons. The molecular weight excluding hydrogens is 471 g/mol. The molecule has 2 aromatic carbocycles. The summed E-state index contributed by atoms with van der Waals surface area (Å²) in [6.07, 6.45) is 14.6. The smallest absolute Gasteiger partial charge is 0.744 e. The molecule has 0 aliphatic carbocycles. The minimum Gasteiger partial charge on any atom is -0.744 e. The Hall–Kier alpha value is -1.38. The van der Waals surface area contributed by atoms with Gasteiger partial charge in [0, 0.05) is 30.6 Å². The fourth-order valence-electron chi connectivity index (χ4n) is 3.94. The fraction of sp³-hybridized carbons (Fsp3) is 0.519. The zero-order chi connectivity index (χ0) is 24.8. The van der Waals surface area contributed by atoms with Gasteiger partial charge in [-0.2, -0.15) is 0 Å². The van der Waals surface area contributed by atoms with Crippen molar-refractivity contribution in [2.24, 2.45) is 4.99 Å². The molecule has 35 heavy (non-hydrogen) atoms. The number of unbranched alkanes of at least 4 members (excludes halogenated alkanes) is 9. The van der Waals surface area contributed by atoms with Crippen molar-refractivity contribution in [3.8, 4) is 5.75 Å². The molecule has 0 bridgehead atoms. The quantitative estimate of drug-likeness (QED) is 0.161. The number of rotatable bonds is 16. The molecule has 0 saturated carbocycles. The fourth-order valence-corrected chi connectivity index (χ4v) is 4.45. The van der Waals surface area contributed by atoms with Gasteiger partial charge in [-0.15, -0.1) is 0 Å². The van der Waals surface area contributed by atoms with E-state index in [1.165, 1.54) is 76.5 Å². The second kappa shape index (κ2) is 17.1. The molecule has 0 fully saturated rings. The number of aliphatic imine (C=N–C) groups is 1. The Bertz CT molecular complexity index is 995. The van der Waals surface area contributed by atoms with Gasteiger partial charge in [0.15, 0.2) is 0 Å². The van der Waals surface area contributed by atoms with E-state index in [0.717, 1.165) is 30.9 Å². The SMILES string of the molecule is CCCCCCCCCCCCN(CC)c1ccc(N=Cc2cc(S(=O)(=O)[O-])ccc2O)cc1.[Na+]. The molecule has 6 nitrogen and oxygen atoms in total. The second-order valence-corrected chi connectivity index (χ2v) is 10.1. The summed E-state index contributed by atoms with van der Waals surface area (Å²) in [5, 5.41) is 9.93. The molecule has 0 aliphatic rings. The maximum Gasteiger partial charge on any atom is 1.00 e. The van der Waals surface area contributed by atoms with Crippen LogP contribution in [0.15, 0.2) is 52.4 Å². The van der Waals surface area contributed by atoms with Crippen LogP contribution in [0, 0.1) is 0 Å². The Balaban J connectivity index is 0.00000612. The predicted molar refractivity (Wildman–Crippen MR) is 139 cm³/mol. The Morgan fingerprint density at radius 3 is 2.00 bits per heavy atom. The minimum atomic E-state index is -4.59. The molecule has 0 spiro atoms. The largest absolute Gasteiger partial charge is 1.00 e. The second-order valence-electron chi connectivity index (χ2n) is 8.71. The van der Waals surface area contributed by atoms with Gasteiger partial charge in [0.25, 0.3) is 0 Å². The molecule has 0 amide bonds. The summed E-state index contributed by atoms with van der Waals surface area (Å²) in [6.45, 7) is 6.37.